The van der Waals surface area contributed by atoms with Crippen LogP contribution in [-0.4, -0.2) is 49.2 Å². The molecule has 0 bridgehead atoms. The molecule has 0 spiro atoms. The molecule has 126 valence electrons. The summed E-state index contributed by atoms with van der Waals surface area (Å²) in [4.78, 5) is 24.0. The highest BCUT2D eigenvalue weighted by molar-refractivity contribution is 7.99. The zero-order chi connectivity index (χ0) is 16.7. The van der Waals surface area contributed by atoms with Crippen molar-refractivity contribution in [3.05, 3.63) is 24.3 Å². The molecule has 1 aliphatic rings. The van der Waals surface area contributed by atoms with Crippen LogP contribution in [0.2, 0.25) is 0 Å². The highest BCUT2D eigenvalue weighted by Crippen LogP contribution is 2.30. The first-order chi connectivity index (χ1) is 11.1. The molecule has 1 aliphatic heterocycles. The van der Waals surface area contributed by atoms with Crippen LogP contribution in [-0.2, 0) is 14.3 Å². The van der Waals surface area contributed by atoms with Crippen molar-refractivity contribution in [2.24, 2.45) is 0 Å². The summed E-state index contributed by atoms with van der Waals surface area (Å²) in [6, 6.07) is 7.01. The van der Waals surface area contributed by atoms with Crippen LogP contribution in [0.15, 0.2) is 24.3 Å². The van der Waals surface area contributed by atoms with Crippen LogP contribution in [0.25, 0.3) is 0 Å². The molecule has 1 saturated heterocycles. The smallest absolute Gasteiger partial charge is 0.313 e. The molecule has 23 heavy (non-hydrogen) atoms. The van der Waals surface area contributed by atoms with E-state index in [-0.39, 0.29) is 5.60 Å². The zero-order valence-corrected chi connectivity index (χ0v) is 14.2. The minimum Gasteiger partial charge on any atom is -0.492 e. The van der Waals surface area contributed by atoms with E-state index in [1.165, 1.54) is 0 Å². The number of amides is 2. The van der Waals surface area contributed by atoms with Gasteiger partial charge in [-0.05, 0) is 31.2 Å². The second-order valence-corrected chi connectivity index (χ2v) is 6.36. The standard InChI is InChI=1S/C16H22N2O4S/c1-3-22-13-7-5-4-6-12(13)18-15(20)14(19)17-10-16(21-2)8-9-23-11-16/h4-7H,3,8-11H2,1-2H3,(H,17,19)(H,18,20)/t16-/m1/s1. The molecular weight excluding hydrogens is 316 g/mol. The average Bonchev–Trinajstić information content (AvgIpc) is 3.04. The first-order valence-corrected chi connectivity index (χ1v) is 8.69. The summed E-state index contributed by atoms with van der Waals surface area (Å²) in [6.07, 6.45) is 0.864. The Balaban J connectivity index is 1.91. The Morgan fingerprint density at radius 1 is 1.30 bits per heavy atom. The maximum atomic E-state index is 12.0. The summed E-state index contributed by atoms with van der Waals surface area (Å²) in [6.45, 7) is 2.66. The van der Waals surface area contributed by atoms with Gasteiger partial charge in [-0.15, -0.1) is 0 Å². The van der Waals surface area contributed by atoms with Gasteiger partial charge < -0.3 is 20.1 Å². The molecule has 1 fully saturated rings. The van der Waals surface area contributed by atoms with E-state index in [4.69, 9.17) is 9.47 Å². The van der Waals surface area contributed by atoms with Crippen molar-refractivity contribution in [1.29, 1.82) is 0 Å². The molecule has 0 aliphatic carbocycles. The Morgan fingerprint density at radius 2 is 2.09 bits per heavy atom. The molecule has 0 saturated carbocycles. The Morgan fingerprint density at radius 3 is 2.74 bits per heavy atom. The van der Waals surface area contributed by atoms with Gasteiger partial charge in [0.15, 0.2) is 0 Å². The first-order valence-electron chi connectivity index (χ1n) is 7.54. The topological polar surface area (TPSA) is 76.7 Å². The fourth-order valence-electron chi connectivity index (χ4n) is 2.31. The predicted molar refractivity (Wildman–Crippen MR) is 90.9 cm³/mol. The van der Waals surface area contributed by atoms with E-state index in [1.54, 1.807) is 43.1 Å². The molecule has 1 aromatic rings. The van der Waals surface area contributed by atoms with E-state index in [9.17, 15) is 9.59 Å². The van der Waals surface area contributed by atoms with Gasteiger partial charge in [-0.1, -0.05) is 12.1 Å². The maximum Gasteiger partial charge on any atom is 0.313 e. The number of carbonyl (C=O) groups excluding carboxylic acids is 2. The van der Waals surface area contributed by atoms with Gasteiger partial charge in [0.25, 0.3) is 0 Å². The molecule has 1 atom stereocenters. The number of thioether (sulfide) groups is 1. The quantitative estimate of drug-likeness (QED) is 0.772. The molecule has 1 heterocycles. The number of anilines is 1. The number of rotatable bonds is 6. The summed E-state index contributed by atoms with van der Waals surface area (Å²) < 4.78 is 10.9. The van der Waals surface area contributed by atoms with E-state index >= 15 is 0 Å². The molecule has 0 radical (unpaired) electrons. The van der Waals surface area contributed by atoms with Crippen molar-refractivity contribution in [3.63, 3.8) is 0 Å². The molecule has 6 nitrogen and oxygen atoms in total. The normalized spacial score (nSPS) is 20.1. The lowest BCUT2D eigenvalue weighted by molar-refractivity contribution is -0.136. The van der Waals surface area contributed by atoms with Crippen molar-refractivity contribution >= 4 is 29.3 Å². The van der Waals surface area contributed by atoms with Gasteiger partial charge in [-0.3, -0.25) is 9.59 Å². The first kappa shape index (κ1) is 17.6. The number of methoxy groups -OCH3 is 1. The molecule has 2 N–H and O–H groups in total. The minimum absolute atomic E-state index is 0.329. The number of hydrogen-bond acceptors (Lipinski definition) is 5. The van der Waals surface area contributed by atoms with Crippen molar-refractivity contribution < 1.29 is 19.1 Å². The van der Waals surface area contributed by atoms with Gasteiger partial charge >= 0.3 is 11.8 Å². The summed E-state index contributed by atoms with van der Waals surface area (Å²) >= 11 is 1.78. The van der Waals surface area contributed by atoms with Gasteiger partial charge in [-0.2, -0.15) is 11.8 Å². The minimum atomic E-state index is -0.714. The van der Waals surface area contributed by atoms with E-state index < -0.39 is 11.8 Å². The largest absolute Gasteiger partial charge is 0.492 e. The lowest BCUT2D eigenvalue weighted by atomic mass is 10.0. The molecule has 0 unspecified atom stereocenters. The average molecular weight is 338 g/mol. The number of hydrogen-bond donors (Lipinski definition) is 2. The number of carbonyl (C=O) groups is 2. The fourth-order valence-corrected chi connectivity index (χ4v) is 3.71. The van der Waals surface area contributed by atoms with Crippen LogP contribution in [0.3, 0.4) is 0 Å². The summed E-state index contributed by atoms with van der Waals surface area (Å²) in [5.41, 5.74) is 0.108. The fraction of sp³-hybridized carbons (Fsp3) is 0.500. The van der Waals surface area contributed by atoms with Gasteiger partial charge in [0.2, 0.25) is 0 Å². The highest BCUT2D eigenvalue weighted by atomic mass is 32.2. The second kappa shape index (κ2) is 8.21. The van der Waals surface area contributed by atoms with Gasteiger partial charge in [-0.25, -0.2) is 0 Å². The van der Waals surface area contributed by atoms with Crippen LogP contribution in [0.1, 0.15) is 13.3 Å². The summed E-state index contributed by atoms with van der Waals surface area (Å²) in [7, 11) is 1.64. The lowest BCUT2D eigenvalue weighted by Crippen LogP contribution is -2.47. The third kappa shape index (κ3) is 4.62. The van der Waals surface area contributed by atoms with E-state index in [1.807, 2.05) is 6.92 Å². The molecule has 2 amide bonds. The Labute approximate surface area is 140 Å². The van der Waals surface area contributed by atoms with Crippen molar-refractivity contribution in [3.8, 4) is 5.75 Å². The number of para-hydroxylation sites is 2. The molecule has 2 rings (SSSR count). The summed E-state index contributed by atoms with van der Waals surface area (Å²) in [5, 5.41) is 5.24. The van der Waals surface area contributed by atoms with Crippen LogP contribution < -0.4 is 15.4 Å². The van der Waals surface area contributed by atoms with E-state index in [0.717, 1.165) is 17.9 Å². The van der Waals surface area contributed by atoms with Crippen molar-refractivity contribution in [2.45, 2.75) is 18.9 Å². The third-order valence-corrected chi connectivity index (χ3v) is 4.94. The van der Waals surface area contributed by atoms with Crippen molar-refractivity contribution in [2.75, 3.05) is 37.1 Å². The Bertz CT molecular complexity index is 559. The Kier molecular flexibility index (Phi) is 6.29. The number of benzene rings is 1. The monoisotopic (exact) mass is 338 g/mol. The van der Waals surface area contributed by atoms with Gasteiger partial charge in [0, 0.05) is 19.4 Å². The van der Waals surface area contributed by atoms with Crippen LogP contribution in [0.4, 0.5) is 5.69 Å². The maximum absolute atomic E-state index is 12.0. The van der Waals surface area contributed by atoms with Gasteiger partial charge in [0.1, 0.15) is 5.75 Å². The Hall–Kier alpha value is -1.73. The molecule has 0 aromatic heterocycles. The molecular formula is C16H22N2O4S. The van der Waals surface area contributed by atoms with E-state index in [2.05, 4.69) is 10.6 Å². The third-order valence-electron chi connectivity index (χ3n) is 3.71. The van der Waals surface area contributed by atoms with Crippen LogP contribution in [0, 0.1) is 0 Å². The molecule has 7 heteroatoms. The predicted octanol–water partition coefficient (Wildman–Crippen LogP) is 1.66. The molecule has 1 aromatic carbocycles. The van der Waals surface area contributed by atoms with Crippen LogP contribution >= 0.6 is 11.8 Å². The number of nitrogens with one attached hydrogen (secondary N) is 2. The van der Waals surface area contributed by atoms with Gasteiger partial charge in [0.05, 0.1) is 17.9 Å². The summed E-state index contributed by atoms with van der Waals surface area (Å²) in [5.74, 6) is 0.964. The van der Waals surface area contributed by atoms with Crippen molar-refractivity contribution in [1.82, 2.24) is 5.32 Å². The second-order valence-electron chi connectivity index (χ2n) is 5.26. The SMILES string of the molecule is CCOc1ccccc1NC(=O)C(=O)NC[C@]1(OC)CCSC1. The highest BCUT2D eigenvalue weighted by Gasteiger charge is 2.35. The van der Waals surface area contributed by atoms with Crippen LogP contribution in [0.5, 0.6) is 5.75 Å². The van der Waals surface area contributed by atoms with E-state index in [0.29, 0.717) is 24.6 Å². The lowest BCUT2D eigenvalue weighted by Gasteiger charge is -2.26. The number of ether oxygens (including phenoxy) is 2. The zero-order valence-electron chi connectivity index (χ0n) is 13.4.